The third kappa shape index (κ3) is 3.66. The first-order chi connectivity index (χ1) is 9.78. The van der Waals surface area contributed by atoms with Crippen molar-refractivity contribution in [2.45, 2.75) is 12.4 Å². The number of hydrogen-bond donors (Lipinski definition) is 1. The van der Waals surface area contributed by atoms with Crippen LogP contribution >= 0.6 is 0 Å². The molecule has 1 aromatic heterocycles. The number of nitrogens with two attached hydrogens (primary N) is 1. The van der Waals surface area contributed by atoms with Crippen LogP contribution in [0.25, 0.3) is 0 Å². The minimum absolute atomic E-state index is 0.192. The van der Waals surface area contributed by atoms with E-state index in [1.807, 2.05) is 0 Å². The van der Waals surface area contributed by atoms with Gasteiger partial charge in [0.05, 0.1) is 11.7 Å². The Morgan fingerprint density at radius 2 is 1.81 bits per heavy atom. The Kier molecular flexibility index (Phi) is 4.08. The van der Waals surface area contributed by atoms with Crippen molar-refractivity contribution in [1.82, 2.24) is 4.98 Å². The van der Waals surface area contributed by atoms with E-state index in [2.05, 4.69) is 9.72 Å². The lowest BCUT2D eigenvalue weighted by Crippen LogP contribution is -2.19. The quantitative estimate of drug-likeness (QED) is 0.885. The van der Waals surface area contributed by atoms with Gasteiger partial charge in [-0.25, -0.2) is 8.78 Å². The van der Waals surface area contributed by atoms with Gasteiger partial charge in [0, 0.05) is 17.8 Å². The molecular weight excluding hydrogens is 295 g/mol. The molecule has 0 saturated carbocycles. The predicted octanol–water partition coefficient (Wildman–Crippen LogP) is 3.31. The first kappa shape index (κ1) is 15.2. The summed E-state index contributed by atoms with van der Waals surface area (Å²) in [6.45, 7) is 0. The van der Waals surface area contributed by atoms with E-state index >= 15 is 0 Å². The maximum absolute atomic E-state index is 13.8. The number of halogens is 5. The average molecular weight is 304 g/mol. The van der Waals surface area contributed by atoms with Gasteiger partial charge < -0.3 is 10.5 Å². The van der Waals surface area contributed by atoms with E-state index in [1.165, 1.54) is 12.3 Å². The van der Waals surface area contributed by atoms with E-state index in [9.17, 15) is 22.0 Å². The van der Waals surface area contributed by atoms with Crippen molar-refractivity contribution in [3.63, 3.8) is 0 Å². The maximum Gasteiger partial charge on any atom is 0.573 e. The van der Waals surface area contributed by atoms with Gasteiger partial charge in [0.15, 0.2) is 0 Å². The van der Waals surface area contributed by atoms with Crippen LogP contribution in [0.2, 0.25) is 0 Å². The lowest BCUT2D eigenvalue weighted by Gasteiger charge is -2.15. The predicted molar refractivity (Wildman–Crippen MR) is 63.3 cm³/mol. The molecule has 0 bridgehead atoms. The summed E-state index contributed by atoms with van der Waals surface area (Å²) in [6, 6.07) is 3.61. The van der Waals surface area contributed by atoms with Crippen molar-refractivity contribution < 1.29 is 26.7 Å². The highest BCUT2D eigenvalue weighted by Gasteiger charge is 2.31. The summed E-state index contributed by atoms with van der Waals surface area (Å²) in [5.41, 5.74) is 5.29. The van der Waals surface area contributed by atoms with Gasteiger partial charge >= 0.3 is 6.36 Å². The molecule has 0 saturated heterocycles. The molecule has 2 aromatic rings. The van der Waals surface area contributed by atoms with Crippen LogP contribution in [0, 0.1) is 11.6 Å². The molecule has 0 unspecified atom stereocenters. The first-order valence-corrected chi connectivity index (χ1v) is 5.69. The molecule has 0 fully saturated rings. The van der Waals surface area contributed by atoms with Gasteiger partial charge in [0.25, 0.3) is 0 Å². The fourth-order valence-corrected chi connectivity index (χ4v) is 1.73. The van der Waals surface area contributed by atoms with E-state index in [1.54, 1.807) is 0 Å². The van der Waals surface area contributed by atoms with E-state index in [4.69, 9.17) is 5.73 Å². The fraction of sp³-hybridized carbons (Fsp3) is 0.154. The zero-order chi connectivity index (χ0) is 15.6. The molecule has 0 aliphatic heterocycles. The first-order valence-electron chi connectivity index (χ1n) is 5.69. The van der Waals surface area contributed by atoms with E-state index in [0.29, 0.717) is 6.07 Å². The molecule has 0 amide bonds. The Labute approximate surface area is 116 Å². The fourth-order valence-electron chi connectivity index (χ4n) is 1.73. The SMILES string of the molecule is N[C@@H](c1ccc(OC(F)(F)F)cc1F)c1ncccc1F. The third-order valence-corrected chi connectivity index (χ3v) is 2.62. The van der Waals surface area contributed by atoms with E-state index < -0.39 is 29.8 Å². The highest BCUT2D eigenvalue weighted by atomic mass is 19.4. The lowest BCUT2D eigenvalue weighted by atomic mass is 10.0. The molecule has 0 radical (unpaired) electrons. The number of benzene rings is 1. The molecule has 1 atom stereocenters. The van der Waals surface area contributed by atoms with E-state index in [-0.39, 0.29) is 11.3 Å². The molecule has 0 aliphatic carbocycles. The van der Waals surface area contributed by atoms with Crippen LogP contribution in [0.5, 0.6) is 5.75 Å². The van der Waals surface area contributed by atoms with Crippen LogP contribution in [-0.2, 0) is 0 Å². The monoisotopic (exact) mass is 304 g/mol. The van der Waals surface area contributed by atoms with E-state index in [0.717, 1.165) is 18.2 Å². The van der Waals surface area contributed by atoms with Crippen LogP contribution in [0.1, 0.15) is 17.3 Å². The zero-order valence-corrected chi connectivity index (χ0v) is 10.4. The summed E-state index contributed by atoms with van der Waals surface area (Å²) < 4.78 is 67.0. The zero-order valence-electron chi connectivity index (χ0n) is 10.4. The smallest absolute Gasteiger partial charge is 0.406 e. The van der Waals surface area contributed by atoms with Gasteiger partial charge in [-0.3, -0.25) is 4.98 Å². The second-order valence-corrected chi connectivity index (χ2v) is 4.08. The number of aromatic nitrogens is 1. The number of pyridine rings is 1. The second-order valence-electron chi connectivity index (χ2n) is 4.08. The molecule has 1 aromatic carbocycles. The van der Waals surface area contributed by atoms with Gasteiger partial charge in [0.2, 0.25) is 0 Å². The molecule has 0 aliphatic rings. The summed E-state index contributed by atoms with van der Waals surface area (Å²) >= 11 is 0. The number of nitrogens with zero attached hydrogens (tertiary/aromatic N) is 1. The van der Waals surface area contributed by atoms with Gasteiger partial charge in [-0.2, -0.15) is 0 Å². The average Bonchev–Trinajstić information content (AvgIpc) is 2.37. The van der Waals surface area contributed by atoms with Gasteiger partial charge in [-0.05, 0) is 18.2 Å². The van der Waals surface area contributed by atoms with Crippen LogP contribution in [0.15, 0.2) is 36.5 Å². The number of rotatable bonds is 3. The van der Waals surface area contributed by atoms with Crippen molar-refractivity contribution in [3.05, 3.63) is 59.4 Å². The lowest BCUT2D eigenvalue weighted by molar-refractivity contribution is -0.274. The molecule has 112 valence electrons. The normalized spacial score (nSPS) is 13.0. The van der Waals surface area contributed by atoms with Crippen molar-refractivity contribution in [3.8, 4) is 5.75 Å². The molecule has 0 spiro atoms. The molecule has 8 heteroatoms. The molecular formula is C13H9F5N2O. The Morgan fingerprint density at radius 3 is 2.38 bits per heavy atom. The van der Waals surface area contributed by atoms with Crippen molar-refractivity contribution >= 4 is 0 Å². The Bertz CT molecular complexity index is 645. The highest BCUT2D eigenvalue weighted by Crippen LogP contribution is 2.28. The molecule has 3 nitrogen and oxygen atoms in total. The van der Waals surface area contributed by atoms with Gasteiger partial charge in [0.1, 0.15) is 17.4 Å². The number of hydrogen-bond acceptors (Lipinski definition) is 3. The molecule has 2 N–H and O–H groups in total. The second kappa shape index (κ2) is 5.65. The minimum Gasteiger partial charge on any atom is -0.406 e. The summed E-state index contributed by atoms with van der Waals surface area (Å²) in [7, 11) is 0. The van der Waals surface area contributed by atoms with Gasteiger partial charge in [-0.1, -0.05) is 6.07 Å². The number of ether oxygens (including phenoxy) is 1. The third-order valence-electron chi connectivity index (χ3n) is 2.62. The van der Waals surface area contributed by atoms with Crippen molar-refractivity contribution in [2.75, 3.05) is 0 Å². The highest BCUT2D eigenvalue weighted by molar-refractivity contribution is 5.34. The summed E-state index contributed by atoms with van der Waals surface area (Å²) in [5, 5.41) is 0. The summed E-state index contributed by atoms with van der Waals surface area (Å²) in [6.07, 6.45) is -3.65. The van der Waals surface area contributed by atoms with Crippen LogP contribution < -0.4 is 10.5 Å². The standard InChI is InChI=1S/C13H9F5N2O/c14-9-2-1-5-20-12(9)11(19)8-4-3-7(6-10(8)15)21-13(16,17)18/h1-6,11H,19H2/t11-/m0/s1. The molecule has 2 rings (SSSR count). The number of alkyl halides is 3. The molecule has 1 heterocycles. The summed E-state index contributed by atoms with van der Waals surface area (Å²) in [5.74, 6) is -2.51. The van der Waals surface area contributed by atoms with Crippen molar-refractivity contribution in [1.29, 1.82) is 0 Å². The van der Waals surface area contributed by atoms with Crippen LogP contribution in [0.4, 0.5) is 22.0 Å². The largest absolute Gasteiger partial charge is 0.573 e. The Hall–Kier alpha value is -2.22. The maximum atomic E-state index is 13.8. The molecule has 21 heavy (non-hydrogen) atoms. The minimum atomic E-state index is -4.93. The Balaban J connectivity index is 2.31. The summed E-state index contributed by atoms with van der Waals surface area (Å²) in [4.78, 5) is 3.70. The Morgan fingerprint density at radius 1 is 1.10 bits per heavy atom. The van der Waals surface area contributed by atoms with Crippen LogP contribution in [-0.4, -0.2) is 11.3 Å². The van der Waals surface area contributed by atoms with Crippen molar-refractivity contribution in [2.24, 2.45) is 5.73 Å². The van der Waals surface area contributed by atoms with Gasteiger partial charge in [-0.15, -0.1) is 13.2 Å². The topological polar surface area (TPSA) is 48.1 Å². The van der Waals surface area contributed by atoms with Crippen LogP contribution in [0.3, 0.4) is 0 Å².